The van der Waals surface area contributed by atoms with Crippen molar-refractivity contribution in [2.45, 2.75) is 46.3 Å². The van der Waals surface area contributed by atoms with Gasteiger partial charge in [-0.05, 0) is 27.7 Å². The van der Waals surface area contributed by atoms with Gasteiger partial charge in [-0.25, -0.2) is 9.59 Å². The maximum absolute atomic E-state index is 12.1. The van der Waals surface area contributed by atoms with Crippen molar-refractivity contribution in [1.29, 1.82) is 0 Å². The fraction of sp³-hybridized carbons (Fsp3) is 0.571. The third-order valence-electron chi connectivity index (χ3n) is 3.23. The highest BCUT2D eigenvalue weighted by molar-refractivity contribution is 5.91. The van der Waals surface area contributed by atoms with Crippen LogP contribution < -0.4 is 0 Å². The summed E-state index contributed by atoms with van der Waals surface area (Å²) < 4.78 is 5.33. The zero-order valence-corrected chi connectivity index (χ0v) is 12.2. The number of aromatic amines is 1. The van der Waals surface area contributed by atoms with Crippen LogP contribution >= 0.6 is 0 Å². The monoisotopic (exact) mass is 280 g/mol. The number of nitrogens with one attached hydrogen (secondary N) is 1. The van der Waals surface area contributed by atoms with Crippen molar-refractivity contribution in [2.24, 2.45) is 0 Å². The van der Waals surface area contributed by atoms with E-state index in [1.54, 1.807) is 11.8 Å². The maximum atomic E-state index is 12.1. The number of carbonyl (C=O) groups excluding carboxylic acids is 1. The molecule has 20 heavy (non-hydrogen) atoms. The number of rotatable bonds is 1. The van der Waals surface area contributed by atoms with E-state index in [9.17, 15) is 14.7 Å². The first kappa shape index (κ1) is 14.4. The van der Waals surface area contributed by atoms with Gasteiger partial charge in [0.25, 0.3) is 0 Å². The number of aromatic nitrogens is 1. The van der Waals surface area contributed by atoms with Gasteiger partial charge in [0.1, 0.15) is 5.60 Å². The van der Waals surface area contributed by atoms with Gasteiger partial charge in [0.15, 0.2) is 0 Å². The van der Waals surface area contributed by atoms with Crippen LogP contribution in [0.2, 0.25) is 0 Å². The number of ether oxygens (including phenoxy) is 1. The Morgan fingerprint density at radius 2 is 2.00 bits per heavy atom. The summed E-state index contributed by atoms with van der Waals surface area (Å²) >= 11 is 0. The van der Waals surface area contributed by atoms with E-state index in [0.717, 1.165) is 5.69 Å². The summed E-state index contributed by atoms with van der Waals surface area (Å²) in [6.45, 7) is 7.97. The molecule has 1 aliphatic heterocycles. The minimum absolute atomic E-state index is 0.272. The van der Waals surface area contributed by atoms with Crippen LogP contribution in [0.15, 0.2) is 0 Å². The zero-order chi connectivity index (χ0) is 15.1. The SMILES string of the molecule is Cc1[nH]c2c(c1C(=O)O)CN(C(=O)OC(C)(C)C)CC2. The highest BCUT2D eigenvalue weighted by Gasteiger charge is 2.30. The van der Waals surface area contributed by atoms with E-state index in [0.29, 0.717) is 24.2 Å². The summed E-state index contributed by atoms with van der Waals surface area (Å²) in [5.74, 6) is -0.967. The Kier molecular flexibility index (Phi) is 3.50. The molecule has 2 heterocycles. The van der Waals surface area contributed by atoms with Gasteiger partial charge in [-0.3, -0.25) is 0 Å². The number of fused-ring (bicyclic) bond motifs is 1. The maximum Gasteiger partial charge on any atom is 0.410 e. The normalized spacial score (nSPS) is 14.9. The fourth-order valence-electron chi connectivity index (χ4n) is 2.42. The average molecular weight is 280 g/mol. The Labute approximate surface area is 117 Å². The quantitative estimate of drug-likeness (QED) is 0.827. The van der Waals surface area contributed by atoms with Gasteiger partial charge in [-0.2, -0.15) is 0 Å². The van der Waals surface area contributed by atoms with E-state index in [1.807, 2.05) is 20.8 Å². The smallest absolute Gasteiger partial charge is 0.410 e. The van der Waals surface area contributed by atoms with Crippen LogP contribution in [0, 0.1) is 6.92 Å². The van der Waals surface area contributed by atoms with E-state index >= 15 is 0 Å². The van der Waals surface area contributed by atoms with E-state index < -0.39 is 17.7 Å². The van der Waals surface area contributed by atoms with Crippen LogP contribution in [0.25, 0.3) is 0 Å². The molecule has 2 rings (SSSR count). The Morgan fingerprint density at radius 3 is 2.55 bits per heavy atom. The first-order chi connectivity index (χ1) is 9.19. The van der Waals surface area contributed by atoms with E-state index in [4.69, 9.17) is 4.74 Å². The minimum Gasteiger partial charge on any atom is -0.478 e. The Balaban J connectivity index is 2.22. The topological polar surface area (TPSA) is 82.6 Å². The lowest BCUT2D eigenvalue weighted by Crippen LogP contribution is -2.40. The molecule has 6 nitrogen and oxygen atoms in total. The second-order valence-corrected chi connectivity index (χ2v) is 6.04. The third-order valence-corrected chi connectivity index (χ3v) is 3.23. The number of aromatic carboxylic acids is 1. The number of carbonyl (C=O) groups is 2. The zero-order valence-electron chi connectivity index (χ0n) is 12.2. The largest absolute Gasteiger partial charge is 0.478 e. The van der Waals surface area contributed by atoms with Crippen molar-refractivity contribution in [3.8, 4) is 0 Å². The molecule has 0 aliphatic carbocycles. The van der Waals surface area contributed by atoms with E-state index in [1.165, 1.54) is 0 Å². The molecular formula is C14H20N2O4. The fourth-order valence-corrected chi connectivity index (χ4v) is 2.42. The number of hydrogen-bond donors (Lipinski definition) is 2. The second kappa shape index (κ2) is 4.85. The molecule has 6 heteroatoms. The molecule has 0 spiro atoms. The summed E-state index contributed by atoms with van der Waals surface area (Å²) in [6.07, 6.45) is 0.209. The third kappa shape index (κ3) is 2.79. The highest BCUT2D eigenvalue weighted by Crippen LogP contribution is 2.26. The van der Waals surface area contributed by atoms with Crippen LogP contribution in [0.4, 0.5) is 4.79 Å². The highest BCUT2D eigenvalue weighted by atomic mass is 16.6. The van der Waals surface area contributed by atoms with Gasteiger partial charge >= 0.3 is 12.1 Å². The first-order valence-corrected chi connectivity index (χ1v) is 6.60. The van der Waals surface area contributed by atoms with Crippen molar-refractivity contribution in [1.82, 2.24) is 9.88 Å². The molecule has 0 atom stereocenters. The lowest BCUT2D eigenvalue weighted by molar-refractivity contribution is 0.0221. The summed E-state index contributed by atoms with van der Waals surface area (Å²) in [4.78, 5) is 28.0. The molecular weight excluding hydrogens is 260 g/mol. The van der Waals surface area contributed by atoms with Gasteiger partial charge in [0, 0.05) is 29.9 Å². The number of carboxylic acid groups (broad SMARTS) is 1. The lowest BCUT2D eigenvalue weighted by Gasteiger charge is -2.30. The first-order valence-electron chi connectivity index (χ1n) is 6.60. The molecule has 0 radical (unpaired) electrons. The predicted octanol–water partition coefficient (Wildman–Crippen LogP) is 2.31. The number of H-pyrrole nitrogens is 1. The predicted molar refractivity (Wildman–Crippen MR) is 72.8 cm³/mol. The molecule has 0 aromatic carbocycles. The van der Waals surface area contributed by atoms with Gasteiger partial charge in [0.2, 0.25) is 0 Å². The van der Waals surface area contributed by atoms with Crippen LogP contribution in [0.1, 0.15) is 48.1 Å². The standard InChI is InChI=1S/C14H20N2O4/c1-8-11(12(17)18)9-7-16(6-5-10(9)15-8)13(19)20-14(2,3)4/h15H,5-7H2,1-4H3,(H,17,18). The number of nitrogens with zero attached hydrogens (tertiary/aromatic N) is 1. The summed E-state index contributed by atoms with van der Waals surface area (Å²) in [7, 11) is 0. The number of hydrogen-bond acceptors (Lipinski definition) is 3. The van der Waals surface area contributed by atoms with Crippen molar-refractivity contribution in [2.75, 3.05) is 6.54 Å². The number of amides is 1. The van der Waals surface area contributed by atoms with Crippen molar-refractivity contribution >= 4 is 12.1 Å². The molecule has 1 aromatic heterocycles. The Hall–Kier alpha value is -1.98. The molecule has 0 fully saturated rings. The summed E-state index contributed by atoms with van der Waals surface area (Å²) in [5, 5.41) is 9.27. The van der Waals surface area contributed by atoms with Gasteiger partial charge in [0.05, 0.1) is 12.1 Å². The van der Waals surface area contributed by atoms with Crippen LogP contribution in [0.3, 0.4) is 0 Å². The molecule has 0 bridgehead atoms. The van der Waals surface area contributed by atoms with Crippen molar-refractivity contribution < 1.29 is 19.4 Å². The molecule has 0 saturated carbocycles. The Bertz CT molecular complexity index is 554. The minimum atomic E-state index is -0.967. The molecule has 0 unspecified atom stereocenters. The van der Waals surface area contributed by atoms with E-state index in [2.05, 4.69) is 4.98 Å². The Morgan fingerprint density at radius 1 is 1.35 bits per heavy atom. The van der Waals surface area contributed by atoms with Crippen LogP contribution in [-0.4, -0.2) is 39.2 Å². The van der Waals surface area contributed by atoms with Crippen LogP contribution in [0.5, 0.6) is 0 Å². The molecule has 110 valence electrons. The average Bonchev–Trinajstić information content (AvgIpc) is 2.61. The number of carboxylic acids is 1. The summed E-state index contributed by atoms with van der Waals surface area (Å²) in [5.41, 5.74) is 1.94. The molecule has 2 N–H and O–H groups in total. The van der Waals surface area contributed by atoms with E-state index in [-0.39, 0.29) is 12.1 Å². The summed E-state index contributed by atoms with van der Waals surface area (Å²) in [6, 6.07) is 0. The lowest BCUT2D eigenvalue weighted by atomic mass is 10.0. The second-order valence-electron chi connectivity index (χ2n) is 6.04. The van der Waals surface area contributed by atoms with Crippen LogP contribution in [-0.2, 0) is 17.7 Å². The van der Waals surface area contributed by atoms with Gasteiger partial charge < -0.3 is 19.7 Å². The molecule has 0 saturated heterocycles. The molecule has 1 aromatic rings. The van der Waals surface area contributed by atoms with Gasteiger partial charge in [-0.15, -0.1) is 0 Å². The van der Waals surface area contributed by atoms with Gasteiger partial charge in [-0.1, -0.05) is 0 Å². The van der Waals surface area contributed by atoms with Crippen molar-refractivity contribution in [3.63, 3.8) is 0 Å². The number of aryl methyl sites for hydroxylation is 1. The van der Waals surface area contributed by atoms with Crippen molar-refractivity contribution in [3.05, 3.63) is 22.5 Å². The molecule has 1 aliphatic rings. The molecule has 1 amide bonds.